The van der Waals surface area contributed by atoms with Gasteiger partial charge in [0.2, 0.25) is 5.82 Å². The Balaban J connectivity index is 3.00. The zero-order chi connectivity index (χ0) is 12.3. The molecule has 0 amide bonds. The van der Waals surface area contributed by atoms with Crippen molar-refractivity contribution >= 4 is 15.9 Å². The molecule has 16 heavy (non-hydrogen) atoms. The molecule has 1 aromatic carbocycles. The molecule has 0 heterocycles. The van der Waals surface area contributed by atoms with Crippen LogP contribution in [0.25, 0.3) is 0 Å². The second kappa shape index (κ2) is 5.56. The summed E-state index contributed by atoms with van der Waals surface area (Å²) >= 11 is 3.06. The first kappa shape index (κ1) is 13.3. The molecule has 0 spiro atoms. The SMILES string of the molecule is Oc1ccc(C(O)C(O)CCBr)c(F)c1F. The summed E-state index contributed by atoms with van der Waals surface area (Å²) in [6, 6.07) is 1.97. The Kier molecular flexibility index (Phi) is 4.64. The molecule has 1 aromatic rings. The van der Waals surface area contributed by atoms with E-state index in [4.69, 9.17) is 5.11 Å². The normalized spacial score (nSPS) is 14.8. The highest BCUT2D eigenvalue weighted by atomic mass is 79.9. The van der Waals surface area contributed by atoms with Gasteiger partial charge in [0, 0.05) is 10.9 Å². The number of aliphatic hydroxyl groups is 2. The predicted molar refractivity (Wildman–Crippen MR) is 57.4 cm³/mol. The quantitative estimate of drug-likeness (QED) is 0.743. The highest BCUT2D eigenvalue weighted by Gasteiger charge is 2.24. The minimum absolute atomic E-state index is 0.198. The molecule has 0 bridgehead atoms. The summed E-state index contributed by atoms with van der Waals surface area (Å²) < 4.78 is 26.3. The van der Waals surface area contributed by atoms with Gasteiger partial charge in [0.1, 0.15) is 6.10 Å². The van der Waals surface area contributed by atoms with Crippen molar-refractivity contribution in [3.8, 4) is 5.75 Å². The first-order chi connectivity index (χ1) is 7.49. The molecule has 0 saturated heterocycles. The van der Waals surface area contributed by atoms with E-state index in [0.29, 0.717) is 5.33 Å². The Morgan fingerprint density at radius 2 is 1.81 bits per heavy atom. The Labute approximate surface area is 99.5 Å². The third-order valence-corrected chi connectivity index (χ3v) is 2.64. The van der Waals surface area contributed by atoms with Crippen molar-refractivity contribution in [1.29, 1.82) is 0 Å². The lowest BCUT2D eigenvalue weighted by atomic mass is 10.0. The first-order valence-corrected chi connectivity index (χ1v) is 5.70. The van der Waals surface area contributed by atoms with Crippen molar-refractivity contribution in [2.45, 2.75) is 18.6 Å². The molecule has 0 aliphatic rings. The van der Waals surface area contributed by atoms with Gasteiger partial charge >= 0.3 is 0 Å². The lowest BCUT2D eigenvalue weighted by molar-refractivity contribution is 0.0148. The zero-order valence-corrected chi connectivity index (χ0v) is 9.79. The predicted octanol–water partition coefficient (Wildman–Crippen LogP) is 1.85. The maximum Gasteiger partial charge on any atom is 0.200 e. The van der Waals surface area contributed by atoms with Gasteiger partial charge in [0.25, 0.3) is 0 Å². The van der Waals surface area contributed by atoms with Crippen LogP contribution in [0, 0.1) is 11.6 Å². The zero-order valence-electron chi connectivity index (χ0n) is 8.20. The molecule has 0 fully saturated rings. The van der Waals surface area contributed by atoms with Gasteiger partial charge in [-0.3, -0.25) is 0 Å². The van der Waals surface area contributed by atoms with E-state index in [9.17, 15) is 19.0 Å². The van der Waals surface area contributed by atoms with E-state index in [1.807, 2.05) is 0 Å². The van der Waals surface area contributed by atoms with Gasteiger partial charge in [-0.05, 0) is 18.6 Å². The van der Waals surface area contributed by atoms with Crippen molar-refractivity contribution in [1.82, 2.24) is 0 Å². The third kappa shape index (κ3) is 2.69. The van der Waals surface area contributed by atoms with Gasteiger partial charge in [-0.2, -0.15) is 4.39 Å². The molecule has 3 N–H and O–H groups in total. The average molecular weight is 297 g/mol. The summed E-state index contributed by atoms with van der Waals surface area (Å²) in [4.78, 5) is 0. The van der Waals surface area contributed by atoms with Crippen LogP contribution in [-0.2, 0) is 0 Å². The van der Waals surface area contributed by atoms with Gasteiger partial charge in [0.15, 0.2) is 11.6 Å². The minimum atomic E-state index is -1.52. The Morgan fingerprint density at radius 3 is 2.38 bits per heavy atom. The second-order valence-electron chi connectivity index (χ2n) is 3.29. The van der Waals surface area contributed by atoms with Crippen LogP contribution in [-0.4, -0.2) is 26.8 Å². The number of halogens is 3. The van der Waals surface area contributed by atoms with Crippen molar-refractivity contribution in [3.63, 3.8) is 0 Å². The molecule has 0 radical (unpaired) electrons. The largest absolute Gasteiger partial charge is 0.505 e. The van der Waals surface area contributed by atoms with Gasteiger partial charge < -0.3 is 15.3 Å². The average Bonchev–Trinajstić information content (AvgIpc) is 2.26. The Hall–Kier alpha value is -0.720. The third-order valence-electron chi connectivity index (χ3n) is 2.18. The van der Waals surface area contributed by atoms with Gasteiger partial charge in [-0.25, -0.2) is 4.39 Å². The maximum atomic E-state index is 13.3. The fraction of sp³-hybridized carbons (Fsp3) is 0.400. The smallest absolute Gasteiger partial charge is 0.200 e. The Bertz CT molecular complexity index is 373. The summed E-state index contributed by atoms with van der Waals surface area (Å²) in [5, 5.41) is 28.3. The summed E-state index contributed by atoms with van der Waals surface area (Å²) in [5.74, 6) is -3.60. The van der Waals surface area contributed by atoms with Crippen LogP contribution >= 0.6 is 15.9 Å². The van der Waals surface area contributed by atoms with Crippen LogP contribution in [0.2, 0.25) is 0 Å². The van der Waals surface area contributed by atoms with E-state index in [2.05, 4.69) is 15.9 Å². The molecule has 0 aromatic heterocycles. The molecular weight excluding hydrogens is 286 g/mol. The molecule has 2 unspecified atom stereocenters. The number of phenolic OH excluding ortho intramolecular Hbond substituents is 1. The summed E-state index contributed by atoms with van der Waals surface area (Å²) in [5.41, 5.74) is -0.372. The van der Waals surface area contributed by atoms with E-state index < -0.39 is 29.6 Å². The Morgan fingerprint density at radius 1 is 1.19 bits per heavy atom. The van der Waals surface area contributed by atoms with E-state index in [0.717, 1.165) is 12.1 Å². The second-order valence-corrected chi connectivity index (χ2v) is 4.08. The van der Waals surface area contributed by atoms with Gasteiger partial charge in [-0.15, -0.1) is 0 Å². The number of hydrogen-bond acceptors (Lipinski definition) is 3. The van der Waals surface area contributed by atoms with Crippen LogP contribution in [0.3, 0.4) is 0 Å². The standard InChI is InChI=1S/C10H11BrF2O3/c11-4-3-7(15)10(16)5-1-2-6(14)9(13)8(5)12/h1-2,7,10,14-16H,3-4H2. The summed E-state index contributed by atoms with van der Waals surface area (Å²) in [6.45, 7) is 0. The number of rotatable bonds is 4. The first-order valence-electron chi connectivity index (χ1n) is 4.58. The van der Waals surface area contributed by atoms with Crippen molar-refractivity contribution in [2.24, 2.45) is 0 Å². The lowest BCUT2D eigenvalue weighted by Crippen LogP contribution is -2.20. The molecule has 0 aliphatic heterocycles. The molecule has 3 nitrogen and oxygen atoms in total. The number of aliphatic hydroxyl groups excluding tert-OH is 2. The fourth-order valence-electron chi connectivity index (χ4n) is 1.26. The van der Waals surface area contributed by atoms with E-state index >= 15 is 0 Å². The summed E-state index contributed by atoms with van der Waals surface area (Å²) in [6.07, 6.45) is -2.52. The molecule has 90 valence electrons. The van der Waals surface area contributed by atoms with Crippen LogP contribution in [0.15, 0.2) is 12.1 Å². The number of aromatic hydroxyl groups is 1. The molecule has 0 saturated carbocycles. The van der Waals surface area contributed by atoms with Gasteiger partial charge in [-0.1, -0.05) is 15.9 Å². The minimum Gasteiger partial charge on any atom is -0.505 e. The van der Waals surface area contributed by atoms with Crippen molar-refractivity contribution < 1.29 is 24.1 Å². The maximum absolute atomic E-state index is 13.3. The van der Waals surface area contributed by atoms with Crippen LogP contribution in [0.1, 0.15) is 18.1 Å². The molecule has 0 aliphatic carbocycles. The molecular formula is C10H11BrF2O3. The van der Waals surface area contributed by atoms with Crippen LogP contribution in [0.4, 0.5) is 8.78 Å². The highest BCUT2D eigenvalue weighted by Crippen LogP contribution is 2.28. The number of alkyl halides is 1. The monoisotopic (exact) mass is 296 g/mol. The highest BCUT2D eigenvalue weighted by molar-refractivity contribution is 9.09. The van der Waals surface area contributed by atoms with Crippen molar-refractivity contribution in [2.75, 3.05) is 5.33 Å². The van der Waals surface area contributed by atoms with Gasteiger partial charge in [0.05, 0.1) is 6.10 Å². The van der Waals surface area contributed by atoms with E-state index in [1.54, 1.807) is 0 Å². The molecule has 1 rings (SSSR count). The van der Waals surface area contributed by atoms with Crippen LogP contribution < -0.4 is 0 Å². The molecule has 6 heteroatoms. The fourth-order valence-corrected chi connectivity index (χ4v) is 1.73. The van der Waals surface area contributed by atoms with E-state index in [1.165, 1.54) is 0 Å². The topological polar surface area (TPSA) is 60.7 Å². The number of phenols is 1. The summed E-state index contributed by atoms with van der Waals surface area (Å²) in [7, 11) is 0. The lowest BCUT2D eigenvalue weighted by Gasteiger charge is -2.18. The van der Waals surface area contributed by atoms with Crippen LogP contribution in [0.5, 0.6) is 5.75 Å². The van der Waals surface area contributed by atoms with E-state index in [-0.39, 0.29) is 12.0 Å². The number of hydrogen-bond donors (Lipinski definition) is 3. The van der Waals surface area contributed by atoms with Crippen molar-refractivity contribution in [3.05, 3.63) is 29.3 Å². The molecule has 2 atom stereocenters. The number of benzene rings is 1.